The molecule has 4 N–H and O–H groups in total. The average Bonchev–Trinajstić information content (AvgIpc) is 1.56. The molecule has 0 aromatic carbocycles. The molecule has 0 spiro atoms. The monoisotopic (exact) mass is 148 g/mol. The quantitative estimate of drug-likeness (QED) is 0.329. The van der Waals surface area contributed by atoms with Crippen molar-refractivity contribution in [3.05, 3.63) is 0 Å². The van der Waals surface area contributed by atoms with E-state index in [9.17, 15) is 0 Å². The lowest BCUT2D eigenvalue weighted by atomic mass is 9.89. The Morgan fingerprint density at radius 1 is 0.800 bits per heavy atom. The van der Waals surface area contributed by atoms with Crippen LogP contribution in [0.4, 0.5) is 0 Å². The molecule has 4 nitrogen and oxygen atoms in total. The van der Waals surface area contributed by atoms with Crippen LogP contribution in [0.1, 0.15) is 25.7 Å². The number of hydrogen-bond acceptors (Lipinski definition) is 4. The zero-order chi connectivity index (χ0) is 7.83. The van der Waals surface area contributed by atoms with Crippen molar-refractivity contribution in [2.75, 3.05) is 0 Å². The van der Waals surface area contributed by atoms with Crippen LogP contribution in [0.5, 0.6) is 0 Å². The molecule has 0 radical (unpaired) electrons. The smallest absolute Gasteiger partial charge is 0.167 e. The van der Waals surface area contributed by atoms with Crippen LogP contribution in [0.2, 0.25) is 0 Å². The van der Waals surface area contributed by atoms with Crippen LogP contribution in [0.3, 0.4) is 0 Å². The standard InChI is InChI=1S/C6H12O4/c7-5(8)2-1-3-6(9,10)4-5/h7-10H,1-4H2. The summed E-state index contributed by atoms with van der Waals surface area (Å²) >= 11 is 0. The van der Waals surface area contributed by atoms with Gasteiger partial charge in [-0.3, -0.25) is 0 Å². The minimum atomic E-state index is -1.89. The summed E-state index contributed by atoms with van der Waals surface area (Å²) in [6.07, 6.45) is 0.492. The van der Waals surface area contributed by atoms with Crippen molar-refractivity contribution in [3.8, 4) is 0 Å². The molecule has 1 rings (SSSR count). The highest BCUT2D eigenvalue weighted by Crippen LogP contribution is 2.31. The second-order valence-corrected chi connectivity index (χ2v) is 3.00. The van der Waals surface area contributed by atoms with E-state index in [2.05, 4.69) is 0 Å². The first-order valence-electron chi connectivity index (χ1n) is 3.31. The molecule has 0 aromatic rings. The minimum absolute atomic E-state index is 0.218. The summed E-state index contributed by atoms with van der Waals surface area (Å²) < 4.78 is 0. The van der Waals surface area contributed by atoms with E-state index in [-0.39, 0.29) is 19.3 Å². The number of aliphatic hydroxyl groups is 4. The second-order valence-electron chi connectivity index (χ2n) is 3.00. The first-order chi connectivity index (χ1) is 4.41. The molecule has 0 atom stereocenters. The third kappa shape index (κ3) is 1.91. The molecule has 0 aromatic heterocycles. The Hall–Kier alpha value is -0.160. The Labute approximate surface area is 58.7 Å². The van der Waals surface area contributed by atoms with Gasteiger partial charge in [0.25, 0.3) is 0 Å². The molecule has 60 valence electrons. The molecular formula is C6H12O4. The van der Waals surface area contributed by atoms with Crippen molar-refractivity contribution in [1.82, 2.24) is 0 Å². The summed E-state index contributed by atoms with van der Waals surface area (Å²) in [4.78, 5) is 0. The Morgan fingerprint density at radius 2 is 1.20 bits per heavy atom. The normalized spacial score (nSPS) is 30.0. The number of hydrogen-bond donors (Lipinski definition) is 4. The fourth-order valence-corrected chi connectivity index (χ4v) is 1.28. The Bertz CT molecular complexity index is 116. The second kappa shape index (κ2) is 2.17. The third-order valence-electron chi connectivity index (χ3n) is 1.72. The molecule has 1 aliphatic rings. The van der Waals surface area contributed by atoms with E-state index >= 15 is 0 Å². The maximum Gasteiger partial charge on any atom is 0.167 e. The van der Waals surface area contributed by atoms with Gasteiger partial charge in [0, 0.05) is 12.8 Å². The van der Waals surface area contributed by atoms with E-state index in [0.29, 0.717) is 6.42 Å². The van der Waals surface area contributed by atoms with Crippen LogP contribution in [-0.2, 0) is 0 Å². The molecule has 0 aliphatic heterocycles. The highest BCUT2D eigenvalue weighted by atomic mass is 16.5. The molecule has 0 unspecified atom stereocenters. The van der Waals surface area contributed by atoms with Crippen LogP contribution < -0.4 is 0 Å². The summed E-state index contributed by atoms with van der Waals surface area (Å²) in [5.41, 5.74) is 0. The van der Waals surface area contributed by atoms with Gasteiger partial charge in [-0.15, -0.1) is 0 Å². The Balaban J connectivity index is 2.56. The van der Waals surface area contributed by atoms with Crippen LogP contribution in [0, 0.1) is 0 Å². The van der Waals surface area contributed by atoms with Gasteiger partial charge >= 0.3 is 0 Å². The van der Waals surface area contributed by atoms with Crippen LogP contribution in [0.15, 0.2) is 0 Å². The van der Waals surface area contributed by atoms with Gasteiger partial charge in [0.1, 0.15) is 0 Å². The highest BCUT2D eigenvalue weighted by molar-refractivity contribution is 4.81. The van der Waals surface area contributed by atoms with Gasteiger partial charge in [-0.1, -0.05) is 0 Å². The fourth-order valence-electron chi connectivity index (χ4n) is 1.28. The molecule has 4 heteroatoms. The lowest BCUT2D eigenvalue weighted by Gasteiger charge is -2.35. The van der Waals surface area contributed by atoms with Gasteiger partial charge < -0.3 is 20.4 Å². The van der Waals surface area contributed by atoms with Gasteiger partial charge in [0.2, 0.25) is 0 Å². The molecule has 0 heterocycles. The molecule has 1 aliphatic carbocycles. The van der Waals surface area contributed by atoms with E-state index in [1.54, 1.807) is 0 Å². The minimum Gasteiger partial charge on any atom is -0.365 e. The summed E-state index contributed by atoms with van der Waals surface area (Å²) in [5.74, 6) is -3.77. The zero-order valence-electron chi connectivity index (χ0n) is 5.62. The van der Waals surface area contributed by atoms with Crippen molar-refractivity contribution in [2.24, 2.45) is 0 Å². The molecule has 1 saturated carbocycles. The molecule has 10 heavy (non-hydrogen) atoms. The van der Waals surface area contributed by atoms with Crippen molar-refractivity contribution in [3.63, 3.8) is 0 Å². The molecule has 1 fully saturated rings. The van der Waals surface area contributed by atoms with Gasteiger partial charge in [0.15, 0.2) is 11.6 Å². The lowest BCUT2D eigenvalue weighted by molar-refractivity contribution is -0.279. The van der Waals surface area contributed by atoms with Crippen molar-refractivity contribution < 1.29 is 20.4 Å². The summed E-state index contributed by atoms with van der Waals surface area (Å²) in [6.45, 7) is 0. The van der Waals surface area contributed by atoms with Crippen molar-refractivity contribution in [1.29, 1.82) is 0 Å². The van der Waals surface area contributed by atoms with Gasteiger partial charge in [0.05, 0.1) is 6.42 Å². The van der Waals surface area contributed by atoms with E-state index in [1.807, 2.05) is 0 Å². The molecular weight excluding hydrogens is 136 g/mol. The predicted molar refractivity (Wildman–Crippen MR) is 32.8 cm³/mol. The van der Waals surface area contributed by atoms with Crippen LogP contribution >= 0.6 is 0 Å². The third-order valence-corrected chi connectivity index (χ3v) is 1.72. The van der Waals surface area contributed by atoms with E-state index in [4.69, 9.17) is 20.4 Å². The predicted octanol–water partition coefficient (Wildman–Crippen LogP) is -1.08. The summed E-state index contributed by atoms with van der Waals surface area (Å²) in [7, 11) is 0. The lowest BCUT2D eigenvalue weighted by Crippen LogP contribution is -2.45. The largest absolute Gasteiger partial charge is 0.365 e. The topological polar surface area (TPSA) is 80.9 Å². The maximum absolute atomic E-state index is 8.95. The Kier molecular flexibility index (Phi) is 1.72. The molecule has 0 bridgehead atoms. The first-order valence-corrected chi connectivity index (χ1v) is 3.31. The zero-order valence-corrected chi connectivity index (χ0v) is 5.62. The Morgan fingerprint density at radius 3 is 1.40 bits per heavy atom. The first kappa shape index (κ1) is 7.94. The summed E-state index contributed by atoms with van der Waals surface area (Å²) in [5, 5.41) is 35.8. The highest BCUT2D eigenvalue weighted by Gasteiger charge is 2.39. The summed E-state index contributed by atoms with van der Waals surface area (Å²) in [6, 6.07) is 0. The van der Waals surface area contributed by atoms with E-state index in [0.717, 1.165) is 0 Å². The number of rotatable bonds is 0. The van der Waals surface area contributed by atoms with Gasteiger partial charge in [-0.05, 0) is 6.42 Å². The van der Waals surface area contributed by atoms with Crippen molar-refractivity contribution >= 4 is 0 Å². The molecule has 0 saturated heterocycles. The van der Waals surface area contributed by atoms with E-state index in [1.165, 1.54) is 0 Å². The van der Waals surface area contributed by atoms with Crippen molar-refractivity contribution in [2.45, 2.75) is 37.3 Å². The van der Waals surface area contributed by atoms with Gasteiger partial charge in [-0.25, -0.2) is 0 Å². The van der Waals surface area contributed by atoms with Crippen LogP contribution in [-0.4, -0.2) is 32.0 Å². The maximum atomic E-state index is 8.95. The van der Waals surface area contributed by atoms with E-state index < -0.39 is 11.6 Å². The average molecular weight is 148 g/mol. The fraction of sp³-hybridized carbons (Fsp3) is 1.00. The SMILES string of the molecule is OC1(O)CCCC(O)(O)C1. The van der Waals surface area contributed by atoms with Crippen LogP contribution in [0.25, 0.3) is 0 Å². The molecule has 0 amide bonds. The van der Waals surface area contributed by atoms with Gasteiger partial charge in [-0.2, -0.15) is 0 Å².